The van der Waals surface area contributed by atoms with Gasteiger partial charge in [-0.3, -0.25) is 0 Å². The summed E-state index contributed by atoms with van der Waals surface area (Å²) in [5, 5.41) is 0.274. The lowest BCUT2D eigenvalue weighted by Crippen LogP contribution is -2.45. The Morgan fingerprint density at radius 1 is 1.48 bits per heavy atom. The zero-order valence-electron chi connectivity index (χ0n) is 13.2. The van der Waals surface area contributed by atoms with Crippen molar-refractivity contribution in [2.24, 2.45) is 11.7 Å². The van der Waals surface area contributed by atoms with Crippen LogP contribution in [-0.2, 0) is 14.8 Å². The first-order valence-electron chi connectivity index (χ1n) is 7.41. The van der Waals surface area contributed by atoms with Crippen molar-refractivity contribution in [3.63, 3.8) is 0 Å². The molecule has 2 atom stereocenters. The van der Waals surface area contributed by atoms with E-state index < -0.39 is 16.0 Å². The third-order valence-corrected chi connectivity index (χ3v) is 6.29. The van der Waals surface area contributed by atoms with E-state index in [2.05, 4.69) is 4.74 Å². The summed E-state index contributed by atoms with van der Waals surface area (Å²) in [5.74, 6) is -0.626. The first-order valence-corrected chi connectivity index (χ1v) is 9.22. The molecule has 0 bridgehead atoms. The molecule has 2 rings (SSSR count). The molecule has 0 aromatic heterocycles. The lowest BCUT2D eigenvalue weighted by atomic mass is 9.93. The molecule has 0 spiro atoms. The van der Waals surface area contributed by atoms with E-state index in [0.717, 1.165) is 12.8 Å². The number of benzene rings is 1. The van der Waals surface area contributed by atoms with E-state index in [1.54, 1.807) is 0 Å². The van der Waals surface area contributed by atoms with Crippen LogP contribution in [0.25, 0.3) is 0 Å². The first-order chi connectivity index (χ1) is 10.8. The van der Waals surface area contributed by atoms with Crippen molar-refractivity contribution in [1.29, 1.82) is 0 Å². The second-order valence-electron chi connectivity index (χ2n) is 5.76. The SMILES string of the molecule is COC(=O)c1cc(Cl)ccc1S(=O)(=O)N1CCCC(C(C)N)C1. The molecule has 1 aromatic carbocycles. The summed E-state index contributed by atoms with van der Waals surface area (Å²) >= 11 is 5.89. The molecular weight excluding hydrogens is 340 g/mol. The van der Waals surface area contributed by atoms with Gasteiger partial charge in [0.05, 0.1) is 17.6 Å². The molecule has 0 amide bonds. The molecule has 1 saturated heterocycles. The summed E-state index contributed by atoms with van der Waals surface area (Å²) in [7, 11) is -2.61. The summed E-state index contributed by atoms with van der Waals surface area (Å²) in [6.07, 6.45) is 1.64. The minimum atomic E-state index is -3.81. The second kappa shape index (κ2) is 7.17. The van der Waals surface area contributed by atoms with Gasteiger partial charge in [-0.05, 0) is 43.9 Å². The molecule has 1 fully saturated rings. The number of hydrogen-bond donors (Lipinski definition) is 1. The predicted octanol–water partition coefficient (Wildman–Crippen LogP) is 1.87. The average molecular weight is 361 g/mol. The van der Waals surface area contributed by atoms with Crippen molar-refractivity contribution in [2.75, 3.05) is 20.2 Å². The van der Waals surface area contributed by atoms with Crippen LogP contribution in [0.1, 0.15) is 30.1 Å². The van der Waals surface area contributed by atoms with Gasteiger partial charge in [0, 0.05) is 24.2 Å². The fourth-order valence-corrected chi connectivity index (χ4v) is 4.62. The number of carbonyl (C=O) groups excluding carboxylic acids is 1. The number of methoxy groups -OCH3 is 1. The van der Waals surface area contributed by atoms with Crippen molar-refractivity contribution >= 4 is 27.6 Å². The van der Waals surface area contributed by atoms with E-state index in [-0.39, 0.29) is 27.4 Å². The van der Waals surface area contributed by atoms with Crippen molar-refractivity contribution in [2.45, 2.75) is 30.7 Å². The highest BCUT2D eigenvalue weighted by molar-refractivity contribution is 7.89. The maximum atomic E-state index is 12.9. The van der Waals surface area contributed by atoms with Crippen LogP contribution in [-0.4, -0.2) is 44.9 Å². The fourth-order valence-electron chi connectivity index (χ4n) is 2.76. The Labute approximate surface area is 141 Å². The monoisotopic (exact) mass is 360 g/mol. The van der Waals surface area contributed by atoms with E-state index in [1.165, 1.54) is 29.6 Å². The number of nitrogens with two attached hydrogens (primary N) is 1. The van der Waals surface area contributed by atoms with Gasteiger partial charge in [-0.2, -0.15) is 4.31 Å². The highest BCUT2D eigenvalue weighted by atomic mass is 35.5. The molecule has 0 aliphatic carbocycles. The Balaban J connectivity index is 2.42. The lowest BCUT2D eigenvalue weighted by Gasteiger charge is -2.34. The average Bonchev–Trinajstić information content (AvgIpc) is 2.53. The number of ether oxygens (including phenoxy) is 1. The van der Waals surface area contributed by atoms with Crippen LogP contribution in [0.2, 0.25) is 5.02 Å². The molecule has 1 heterocycles. The Bertz CT molecular complexity index is 691. The molecule has 1 aliphatic rings. The maximum Gasteiger partial charge on any atom is 0.339 e. The van der Waals surface area contributed by atoms with Crippen LogP contribution in [0.4, 0.5) is 0 Å². The standard InChI is InChI=1S/C15H21ClN2O4S/c1-10(17)11-4-3-7-18(9-11)23(20,21)14-6-5-12(16)8-13(14)15(19)22-2/h5-6,8,10-11H,3-4,7,9,17H2,1-2H3. The van der Waals surface area contributed by atoms with Gasteiger partial charge in [-0.1, -0.05) is 11.6 Å². The van der Waals surface area contributed by atoms with Crippen molar-refractivity contribution in [3.8, 4) is 0 Å². The van der Waals surface area contributed by atoms with Crippen LogP contribution in [0.5, 0.6) is 0 Å². The Morgan fingerprint density at radius 3 is 2.78 bits per heavy atom. The van der Waals surface area contributed by atoms with Gasteiger partial charge in [-0.25, -0.2) is 13.2 Å². The number of esters is 1. The van der Waals surface area contributed by atoms with Gasteiger partial charge in [-0.15, -0.1) is 0 Å². The van der Waals surface area contributed by atoms with Gasteiger partial charge < -0.3 is 10.5 Å². The number of rotatable bonds is 4. The molecule has 8 heteroatoms. The number of sulfonamides is 1. The number of nitrogens with zero attached hydrogens (tertiary/aromatic N) is 1. The van der Waals surface area contributed by atoms with Crippen LogP contribution in [0.15, 0.2) is 23.1 Å². The quantitative estimate of drug-likeness (QED) is 0.828. The molecule has 128 valence electrons. The normalized spacial score (nSPS) is 21.0. The summed E-state index contributed by atoms with van der Waals surface area (Å²) in [4.78, 5) is 11.8. The lowest BCUT2D eigenvalue weighted by molar-refractivity contribution is 0.0596. The topological polar surface area (TPSA) is 89.7 Å². The van der Waals surface area contributed by atoms with Gasteiger partial charge in [0.15, 0.2) is 0 Å². The van der Waals surface area contributed by atoms with E-state index in [0.29, 0.717) is 13.1 Å². The third-order valence-electron chi connectivity index (χ3n) is 4.13. The highest BCUT2D eigenvalue weighted by Crippen LogP contribution is 2.28. The second-order valence-corrected chi connectivity index (χ2v) is 8.10. The molecule has 1 aromatic rings. The molecule has 23 heavy (non-hydrogen) atoms. The smallest absolute Gasteiger partial charge is 0.339 e. The zero-order valence-corrected chi connectivity index (χ0v) is 14.7. The minimum Gasteiger partial charge on any atom is -0.465 e. The van der Waals surface area contributed by atoms with Crippen LogP contribution in [0, 0.1) is 5.92 Å². The Hall–Kier alpha value is -1.15. The minimum absolute atomic E-state index is 0.0529. The van der Waals surface area contributed by atoms with Crippen LogP contribution in [0.3, 0.4) is 0 Å². The van der Waals surface area contributed by atoms with Gasteiger partial charge in [0.1, 0.15) is 0 Å². The fraction of sp³-hybridized carbons (Fsp3) is 0.533. The number of piperidine rings is 1. The Morgan fingerprint density at radius 2 is 2.17 bits per heavy atom. The van der Waals surface area contributed by atoms with E-state index in [4.69, 9.17) is 17.3 Å². The maximum absolute atomic E-state index is 12.9. The first kappa shape index (κ1) is 18.2. The molecule has 2 N–H and O–H groups in total. The molecule has 0 saturated carbocycles. The predicted molar refractivity (Wildman–Crippen MR) is 87.9 cm³/mol. The van der Waals surface area contributed by atoms with Crippen molar-refractivity contribution in [1.82, 2.24) is 4.31 Å². The largest absolute Gasteiger partial charge is 0.465 e. The zero-order chi connectivity index (χ0) is 17.2. The highest BCUT2D eigenvalue weighted by Gasteiger charge is 2.34. The number of carbonyl (C=O) groups is 1. The van der Waals surface area contributed by atoms with E-state index in [1.807, 2.05) is 6.92 Å². The summed E-state index contributed by atoms with van der Waals surface area (Å²) in [5.41, 5.74) is 5.86. The summed E-state index contributed by atoms with van der Waals surface area (Å²) in [6, 6.07) is 4.03. The molecule has 1 aliphatic heterocycles. The molecule has 0 radical (unpaired) electrons. The van der Waals surface area contributed by atoms with E-state index >= 15 is 0 Å². The third kappa shape index (κ3) is 3.85. The molecular formula is C15H21ClN2O4S. The summed E-state index contributed by atoms with van der Waals surface area (Å²) < 4.78 is 31.9. The molecule has 6 nitrogen and oxygen atoms in total. The molecule has 2 unspecified atom stereocenters. The van der Waals surface area contributed by atoms with Gasteiger partial charge in [0.2, 0.25) is 10.0 Å². The van der Waals surface area contributed by atoms with Crippen molar-refractivity contribution in [3.05, 3.63) is 28.8 Å². The van der Waals surface area contributed by atoms with Gasteiger partial charge >= 0.3 is 5.97 Å². The van der Waals surface area contributed by atoms with Crippen LogP contribution >= 0.6 is 11.6 Å². The Kier molecular flexibility index (Phi) is 5.67. The summed E-state index contributed by atoms with van der Waals surface area (Å²) in [6.45, 7) is 2.64. The van der Waals surface area contributed by atoms with Gasteiger partial charge in [0.25, 0.3) is 0 Å². The number of halogens is 1. The van der Waals surface area contributed by atoms with Crippen molar-refractivity contribution < 1.29 is 17.9 Å². The number of hydrogen-bond acceptors (Lipinski definition) is 5. The van der Waals surface area contributed by atoms with Crippen LogP contribution < -0.4 is 5.73 Å². The van der Waals surface area contributed by atoms with E-state index in [9.17, 15) is 13.2 Å².